The van der Waals surface area contributed by atoms with Crippen molar-refractivity contribution in [3.05, 3.63) is 35.5 Å². The number of amides is 1. The van der Waals surface area contributed by atoms with Gasteiger partial charge in [-0.3, -0.25) is 4.90 Å². The molecule has 2 heterocycles. The van der Waals surface area contributed by atoms with Gasteiger partial charge in [0, 0.05) is 23.1 Å². The van der Waals surface area contributed by atoms with E-state index in [-0.39, 0.29) is 12.6 Å². The van der Waals surface area contributed by atoms with Gasteiger partial charge in [-0.15, -0.1) is 0 Å². The first kappa shape index (κ1) is 19.4. The fourth-order valence-corrected chi connectivity index (χ4v) is 3.94. The van der Waals surface area contributed by atoms with Gasteiger partial charge in [0.15, 0.2) is 0 Å². The zero-order chi connectivity index (χ0) is 18.0. The van der Waals surface area contributed by atoms with Crippen LogP contribution in [0, 0.1) is 0 Å². The minimum absolute atomic E-state index is 0.0474. The highest BCUT2D eigenvalue weighted by Gasteiger charge is 2.34. The highest BCUT2D eigenvalue weighted by molar-refractivity contribution is 14.1. The van der Waals surface area contributed by atoms with E-state index in [2.05, 4.69) is 39.7 Å². The third-order valence-corrected chi connectivity index (χ3v) is 5.45. The summed E-state index contributed by atoms with van der Waals surface area (Å²) in [6, 6.07) is 8.19. The van der Waals surface area contributed by atoms with E-state index in [9.17, 15) is 4.79 Å². The molecule has 0 saturated carbocycles. The van der Waals surface area contributed by atoms with Crippen LogP contribution in [0.5, 0.6) is 0 Å². The Morgan fingerprint density at radius 2 is 2.12 bits per heavy atom. The van der Waals surface area contributed by atoms with E-state index in [0.29, 0.717) is 6.54 Å². The van der Waals surface area contributed by atoms with Crippen molar-refractivity contribution >= 4 is 74.4 Å². The number of H-pyrrole nitrogens is 1. The summed E-state index contributed by atoms with van der Waals surface area (Å²) in [6.07, 6.45) is 2.22. The van der Waals surface area contributed by atoms with Crippen LogP contribution in [0.4, 0.5) is 4.79 Å². The molecule has 1 amide bonds. The number of para-hydroxylation sites is 1. The van der Waals surface area contributed by atoms with Crippen molar-refractivity contribution in [2.75, 3.05) is 17.6 Å². The fraction of sp³-hybridized carbons (Fsp3) is 0.471. The van der Waals surface area contributed by atoms with Gasteiger partial charge < -0.3 is 9.72 Å². The second-order valence-electron chi connectivity index (χ2n) is 6.02. The van der Waals surface area contributed by atoms with Gasteiger partial charge in [0.05, 0.1) is 6.04 Å². The topological polar surface area (TPSA) is 45.3 Å². The number of ether oxygens (including phenoxy) is 1. The minimum Gasteiger partial charge on any atom is -0.445 e. The fourth-order valence-electron chi connectivity index (χ4n) is 3.33. The number of benzene rings is 1. The zero-order valence-electron chi connectivity index (χ0n) is 13.4. The number of carbonyl (C=O) groups is 1. The van der Waals surface area contributed by atoms with Crippen LogP contribution in [0.25, 0.3) is 10.9 Å². The SMILES string of the molecule is O=C(OCC(Cl)(Cl)Cl)N1CCc2c([nH]c3ccccc23)C1CCCI. The molecule has 0 radical (unpaired) electrons. The highest BCUT2D eigenvalue weighted by Crippen LogP contribution is 2.37. The van der Waals surface area contributed by atoms with Crippen molar-refractivity contribution in [1.29, 1.82) is 0 Å². The molecule has 0 saturated heterocycles. The second kappa shape index (κ2) is 8.11. The average molecular weight is 516 g/mol. The maximum atomic E-state index is 12.6. The van der Waals surface area contributed by atoms with Crippen molar-refractivity contribution in [3.63, 3.8) is 0 Å². The number of rotatable bonds is 4. The highest BCUT2D eigenvalue weighted by atomic mass is 127. The average Bonchev–Trinajstić information content (AvgIpc) is 2.95. The van der Waals surface area contributed by atoms with Crippen LogP contribution in [-0.2, 0) is 11.2 Å². The number of nitrogens with one attached hydrogen (secondary N) is 1. The number of aromatic amines is 1. The first-order chi connectivity index (χ1) is 11.9. The molecule has 2 aromatic rings. The summed E-state index contributed by atoms with van der Waals surface area (Å²) in [5.41, 5.74) is 3.49. The summed E-state index contributed by atoms with van der Waals surface area (Å²) in [5, 5.41) is 1.23. The molecule has 1 aromatic heterocycles. The molecule has 1 aromatic carbocycles. The minimum atomic E-state index is -1.60. The lowest BCUT2D eigenvalue weighted by atomic mass is 9.95. The van der Waals surface area contributed by atoms with Crippen LogP contribution in [0.2, 0.25) is 0 Å². The molecule has 25 heavy (non-hydrogen) atoms. The molecular weight excluding hydrogens is 497 g/mol. The molecule has 1 aliphatic rings. The predicted molar refractivity (Wildman–Crippen MR) is 111 cm³/mol. The van der Waals surface area contributed by atoms with Crippen molar-refractivity contribution in [2.24, 2.45) is 0 Å². The molecule has 1 atom stereocenters. The Kier molecular flexibility index (Phi) is 6.29. The molecule has 0 bridgehead atoms. The lowest BCUT2D eigenvalue weighted by Gasteiger charge is -2.35. The van der Waals surface area contributed by atoms with Crippen LogP contribution in [0.1, 0.15) is 30.1 Å². The molecule has 1 unspecified atom stereocenters. The Morgan fingerprint density at radius 1 is 1.36 bits per heavy atom. The smallest absolute Gasteiger partial charge is 0.410 e. The van der Waals surface area contributed by atoms with Gasteiger partial charge in [0.2, 0.25) is 3.79 Å². The summed E-state index contributed by atoms with van der Waals surface area (Å²) in [7, 11) is 0. The normalized spacial score (nSPS) is 17.6. The van der Waals surface area contributed by atoms with Crippen molar-refractivity contribution in [3.8, 4) is 0 Å². The van der Waals surface area contributed by atoms with Crippen LogP contribution >= 0.6 is 57.4 Å². The molecule has 8 heteroatoms. The number of halogens is 4. The first-order valence-corrected chi connectivity index (χ1v) is 10.7. The Balaban J connectivity index is 1.88. The van der Waals surface area contributed by atoms with Gasteiger partial charge in [-0.25, -0.2) is 4.79 Å². The standard InChI is InChI=1S/C17H18Cl3IN2O2/c18-17(19,20)10-25-16(24)23-9-7-12-11-4-1-2-5-13(11)22-15(12)14(23)6-3-8-21/h1-2,4-5,14,22H,3,6-10H2. The van der Waals surface area contributed by atoms with E-state index in [1.165, 1.54) is 10.9 Å². The number of aromatic nitrogens is 1. The van der Waals surface area contributed by atoms with Gasteiger partial charge in [-0.2, -0.15) is 0 Å². The molecule has 0 spiro atoms. The van der Waals surface area contributed by atoms with Crippen molar-refractivity contribution in [2.45, 2.75) is 29.1 Å². The van der Waals surface area contributed by atoms with Gasteiger partial charge in [0.1, 0.15) is 6.61 Å². The predicted octanol–water partition coefficient (Wildman–Crippen LogP) is 5.79. The number of carbonyl (C=O) groups excluding carboxylic acids is 1. The first-order valence-electron chi connectivity index (χ1n) is 8.06. The van der Waals surface area contributed by atoms with Crippen molar-refractivity contribution < 1.29 is 9.53 Å². The molecule has 0 fully saturated rings. The largest absolute Gasteiger partial charge is 0.445 e. The van der Waals surface area contributed by atoms with E-state index in [0.717, 1.165) is 34.9 Å². The summed E-state index contributed by atoms with van der Waals surface area (Å²) < 4.78 is 4.65. The second-order valence-corrected chi connectivity index (χ2v) is 9.62. The Labute approximate surface area is 175 Å². The monoisotopic (exact) mass is 514 g/mol. The van der Waals surface area contributed by atoms with Gasteiger partial charge in [-0.05, 0) is 35.3 Å². The number of hydrogen-bond donors (Lipinski definition) is 1. The molecule has 1 aliphatic heterocycles. The van der Waals surface area contributed by atoms with E-state index in [1.807, 2.05) is 12.1 Å². The maximum Gasteiger partial charge on any atom is 0.410 e. The third kappa shape index (κ3) is 4.49. The molecule has 136 valence electrons. The summed E-state index contributed by atoms with van der Waals surface area (Å²) in [4.78, 5) is 17.8. The quantitative estimate of drug-likeness (QED) is 0.414. The maximum absolute atomic E-state index is 12.6. The molecule has 4 nitrogen and oxygen atoms in total. The molecular formula is C17H18Cl3IN2O2. The van der Waals surface area contributed by atoms with E-state index in [1.54, 1.807) is 4.90 Å². The third-order valence-electron chi connectivity index (χ3n) is 4.36. The van der Waals surface area contributed by atoms with Gasteiger partial charge in [-0.1, -0.05) is 75.6 Å². The number of nitrogens with zero attached hydrogens (tertiary/aromatic N) is 1. The number of fused-ring (bicyclic) bond motifs is 3. The Hall–Kier alpha value is -0.370. The number of alkyl halides is 4. The molecule has 1 N–H and O–H groups in total. The van der Waals surface area contributed by atoms with Crippen LogP contribution in [0.15, 0.2) is 24.3 Å². The Morgan fingerprint density at radius 3 is 2.84 bits per heavy atom. The summed E-state index contributed by atoms with van der Waals surface area (Å²) in [5.74, 6) is 0. The van der Waals surface area contributed by atoms with E-state index < -0.39 is 9.89 Å². The molecule has 0 aliphatic carbocycles. The lowest BCUT2D eigenvalue weighted by molar-refractivity contribution is 0.0810. The van der Waals surface area contributed by atoms with Crippen LogP contribution in [0.3, 0.4) is 0 Å². The number of hydrogen-bond acceptors (Lipinski definition) is 2. The van der Waals surface area contributed by atoms with Crippen molar-refractivity contribution in [1.82, 2.24) is 9.88 Å². The zero-order valence-corrected chi connectivity index (χ0v) is 17.8. The van der Waals surface area contributed by atoms with E-state index in [4.69, 9.17) is 39.5 Å². The lowest BCUT2D eigenvalue weighted by Crippen LogP contribution is -2.41. The summed E-state index contributed by atoms with van der Waals surface area (Å²) >= 11 is 19.4. The Bertz CT molecular complexity index is 760. The van der Waals surface area contributed by atoms with Gasteiger partial charge in [0.25, 0.3) is 0 Å². The molecule has 3 rings (SSSR count). The summed E-state index contributed by atoms with van der Waals surface area (Å²) in [6.45, 7) is 0.338. The van der Waals surface area contributed by atoms with Crippen LogP contribution < -0.4 is 0 Å². The van der Waals surface area contributed by atoms with E-state index >= 15 is 0 Å². The van der Waals surface area contributed by atoms with Gasteiger partial charge >= 0.3 is 6.09 Å². The van der Waals surface area contributed by atoms with Crippen LogP contribution in [-0.4, -0.2) is 37.3 Å².